The molecular weight excluding hydrogens is 384 g/mol. The molecule has 0 aliphatic heterocycles. The van der Waals surface area contributed by atoms with Crippen LogP contribution in [0.3, 0.4) is 0 Å². The van der Waals surface area contributed by atoms with Gasteiger partial charge in [0.25, 0.3) is 11.6 Å². The second-order valence-corrected chi connectivity index (χ2v) is 6.95. The Morgan fingerprint density at radius 1 is 1.20 bits per heavy atom. The van der Waals surface area contributed by atoms with Crippen LogP contribution in [0.1, 0.15) is 29.5 Å². The van der Waals surface area contributed by atoms with Gasteiger partial charge in [0.2, 0.25) is 0 Å². The number of fused-ring (bicyclic) bond motifs is 1. The van der Waals surface area contributed by atoms with E-state index in [1.54, 1.807) is 19.1 Å². The molecule has 9 nitrogen and oxygen atoms in total. The molecule has 0 aliphatic carbocycles. The van der Waals surface area contributed by atoms with Crippen LogP contribution in [0.25, 0.3) is 16.6 Å². The van der Waals surface area contributed by atoms with Gasteiger partial charge in [-0.05, 0) is 43.7 Å². The topological polar surface area (TPSA) is 108 Å². The van der Waals surface area contributed by atoms with E-state index in [-0.39, 0.29) is 11.4 Å². The van der Waals surface area contributed by atoms with Crippen molar-refractivity contribution in [3.05, 3.63) is 76.2 Å². The molecule has 0 saturated heterocycles. The number of hydrogen-bond acceptors (Lipinski definition) is 5. The van der Waals surface area contributed by atoms with E-state index in [0.29, 0.717) is 17.1 Å². The van der Waals surface area contributed by atoms with E-state index in [2.05, 4.69) is 27.1 Å². The third-order valence-corrected chi connectivity index (χ3v) is 4.89. The number of nitrogens with zero attached hydrogens (tertiary/aromatic N) is 5. The number of nitro groups is 1. The molecule has 0 fully saturated rings. The highest BCUT2D eigenvalue weighted by Gasteiger charge is 2.19. The zero-order valence-corrected chi connectivity index (χ0v) is 16.6. The fraction of sp³-hybridized carbons (Fsp3) is 0.190. The number of carbonyl (C=O) groups is 1. The molecule has 2 heterocycles. The number of benzene rings is 2. The predicted molar refractivity (Wildman–Crippen MR) is 113 cm³/mol. The number of aromatic nitrogens is 4. The van der Waals surface area contributed by atoms with Gasteiger partial charge in [-0.1, -0.05) is 18.2 Å². The molecule has 0 bridgehead atoms. The molecule has 1 amide bonds. The minimum absolute atomic E-state index is 0.0586. The van der Waals surface area contributed by atoms with Crippen LogP contribution >= 0.6 is 0 Å². The summed E-state index contributed by atoms with van der Waals surface area (Å²) in [5.41, 5.74) is 2.82. The molecule has 2 aromatic heterocycles. The SMILES string of the molecule is CCCn1ccc2cc(NC(=O)c3nnn(-c4cccc([N+](=O)[O-])c4)c3C)ccc21. The van der Waals surface area contributed by atoms with Crippen LogP contribution in [0.5, 0.6) is 0 Å². The Labute approximate surface area is 172 Å². The van der Waals surface area contributed by atoms with Crippen LogP contribution in [-0.2, 0) is 6.54 Å². The average Bonchev–Trinajstić information content (AvgIpc) is 3.31. The van der Waals surface area contributed by atoms with Crippen LogP contribution in [0, 0.1) is 17.0 Å². The first-order valence-corrected chi connectivity index (χ1v) is 9.55. The van der Waals surface area contributed by atoms with E-state index >= 15 is 0 Å². The van der Waals surface area contributed by atoms with E-state index in [0.717, 1.165) is 23.9 Å². The van der Waals surface area contributed by atoms with Crippen LogP contribution in [0.15, 0.2) is 54.7 Å². The van der Waals surface area contributed by atoms with Gasteiger partial charge < -0.3 is 9.88 Å². The monoisotopic (exact) mass is 404 g/mol. The van der Waals surface area contributed by atoms with Crippen LogP contribution in [-0.4, -0.2) is 30.4 Å². The molecule has 0 atom stereocenters. The van der Waals surface area contributed by atoms with Crippen molar-refractivity contribution in [2.24, 2.45) is 0 Å². The molecule has 0 saturated carbocycles. The second-order valence-electron chi connectivity index (χ2n) is 6.95. The van der Waals surface area contributed by atoms with Crippen LogP contribution in [0.4, 0.5) is 11.4 Å². The number of rotatable bonds is 6. The van der Waals surface area contributed by atoms with Gasteiger partial charge in [0.15, 0.2) is 5.69 Å². The van der Waals surface area contributed by atoms with E-state index in [9.17, 15) is 14.9 Å². The smallest absolute Gasteiger partial charge is 0.278 e. The predicted octanol–water partition coefficient (Wildman–Crippen LogP) is 4.10. The lowest BCUT2D eigenvalue weighted by Crippen LogP contribution is -2.14. The zero-order chi connectivity index (χ0) is 21.3. The molecule has 4 aromatic rings. The Bertz CT molecular complexity index is 1260. The highest BCUT2D eigenvalue weighted by Crippen LogP contribution is 2.22. The molecule has 152 valence electrons. The summed E-state index contributed by atoms with van der Waals surface area (Å²) in [7, 11) is 0. The Morgan fingerprint density at radius 2 is 2.03 bits per heavy atom. The van der Waals surface area contributed by atoms with Crippen molar-refractivity contribution in [2.45, 2.75) is 26.8 Å². The summed E-state index contributed by atoms with van der Waals surface area (Å²) in [5, 5.41) is 22.9. The lowest BCUT2D eigenvalue weighted by molar-refractivity contribution is -0.384. The number of amides is 1. The first-order valence-electron chi connectivity index (χ1n) is 9.55. The molecule has 0 radical (unpaired) electrons. The average molecular weight is 404 g/mol. The highest BCUT2D eigenvalue weighted by molar-refractivity contribution is 6.04. The van der Waals surface area contributed by atoms with E-state index in [4.69, 9.17) is 0 Å². The number of anilines is 1. The zero-order valence-electron chi connectivity index (χ0n) is 16.6. The summed E-state index contributed by atoms with van der Waals surface area (Å²) >= 11 is 0. The fourth-order valence-electron chi connectivity index (χ4n) is 3.43. The van der Waals surface area contributed by atoms with Gasteiger partial charge in [0.05, 0.1) is 16.3 Å². The molecule has 0 spiro atoms. The third-order valence-electron chi connectivity index (χ3n) is 4.89. The van der Waals surface area contributed by atoms with Crippen LogP contribution in [0.2, 0.25) is 0 Å². The van der Waals surface area contributed by atoms with Gasteiger partial charge in [-0.15, -0.1) is 5.10 Å². The standard InChI is InChI=1S/C21H20N6O3/c1-3-10-25-11-9-15-12-16(7-8-19(15)25)22-21(28)20-14(2)26(24-23-20)17-5-4-6-18(13-17)27(29)30/h4-9,11-13H,3,10H2,1-2H3,(H,22,28). The summed E-state index contributed by atoms with van der Waals surface area (Å²) in [4.78, 5) is 23.3. The quantitative estimate of drug-likeness (QED) is 0.384. The third kappa shape index (κ3) is 3.52. The van der Waals surface area contributed by atoms with E-state index in [1.807, 2.05) is 30.5 Å². The Hall–Kier alpha value is -4.01. The first kappa shape index (κ1) is 19.3. The summed E-state index contributed by atoms with van der Waals surface area (Å²) in [6, 6.07) is 13.8. The van der Waals surface area contributed by atoms with Gasteiger partial charge in [-0.3, -0.25) is 14.9 Å². The Balaban J connectivity index is 1.58. The minimum Gasteiger partial charge on any atom is -0.347 e. The minimum atomic E-state index is -0.479. The van der Waals surface area contributed by atoms with Crippen LogP contribution < -0.4 is 5.32 Å². The maximum absolute atomic E-state index is 12.8. The summed E-state index contributed by atoms with van der Waals surface area (Å²) in [5.74, 6) is -0.392. The van der Waals surface area contributed by atoms with E-state index < -0.39 is 10.8 Å². The van der Waals surface area contributed by atoms with Gasteiger partial charge in [0, 0.05) is 41.5 Å². The first-order chi connectivity index (χ1) is 14.5. The number of non-ortho nitro benzene ring substituents is 1. The lowest BCUT2D eigenvalue weighted by Gasteiger charge is -2.07. The van der Waals surface area contributed by atoms with E-state index in [1.165, 1.54) is 16.8 Å². The molecule has 9 heteroatoms. The van der Waals surface area contributed by atoms with Crippen molar-refractivity contribution < 1.29 is 9.72 Å². The molecule has 1 N–H and O–H groups in total. The molecular formula is C21H20N6O3. The lowest BCUT2D eigenvalue weighted by atomic mass is 10.2. The number of aryl methyl sites for hydroxylation is 1. The van der Waals surface area contributed by atoms with Crippen molar-refractivity contribution in [1.29, 1.82) is 0 Å². The van der Waals surface area contributed by atoms with Gasteiger partial charge in [-0.2, -0.15) is 0 Å². The molecule has 30 heavy (non-hydrogen) atoms. The van der Waals surface area contributed by atoms with Gasteiger partial charge in [-0.25, -0.2) is 4.68 Å². The van der Waals surface area contributed by atoms with Crippen molar-refractivity contribution in [3.63, 3.8) is 0 Å². The highest BCUT2D eigenvalue weighted by atomic mass is 16.6. The molecule has 4 rings (SSSR count). The van der Waals surface area contributed by atoms with Crippen molar-refractivity contribution in [3.8, 4) is 5.69 Å². The number of carbonyl (C=O) groups excluding carboxylic acids is 1. The molecule has 2 aromatic carbocycles. The summed E-state index contributed by atoms with van der Waals surface area (Å²) in [6.45, 7) is 4.76. The Morgan fingerprint density at radius 3 is 2.80 bits per heavy atom. The number of hydrogen-bond donors (Lipinski definition) is 1. The molecule has 0 unspecified atom stereocenters. The van der Waals surface area contributed by atoms with Gasteiger partial charge in [0.1, 0.15) is 0 Å². The van der Waals surface area contributed by atoms with Gasteiger partial charge >= 0.3 is 0 Å². The maximum Gasteiger partial charge on any atom is 0.278 e. The fourth-order valence-corrected chi connectivity index (χ4v) is 3.43. The number of nitro benzene ring substituents is 1. The normalized spacial score (nSPS) is 11.0. The Kier molecular flexibility index (Phi) is 5.01. The summed E-state index contributed by atoms with van der Waals surface area (Å²) in [6.07, 6.45) is 3.08. The summed E-state index contributed by atoms with van der Waals surface area (Å²) < 4.78 is 3.59. The number of nitrogens with one attached hydrogen (secondary N) is 1. The maximum atomic E-state index is 12.8. The van der Waals surface area contributed by atoms with Crippen molar-refractivity contribution in [1.82, 2.24) is 19.6 Å². The van der Waals surface area contributed by atoms with Crippen molar-refractivity contribution >= 4 is 28.2 Å². The largest absolute Gasteiger partial charge is 0.347 e. The second kappa shape index (κ2) is 7.78. The molecule has 0 aliphatic rings. The van der Waals surface area contributed by atoms with Crippen molar-refractivity contribution in [2.75, 3.05) is 5.32 Å².